The Morgan fingerprint density at radius 1 is 0.973 bits per heavy atom. The highest BCUT2D eigenvalue weighted by Crippen LogP contribution is 2.50. The molecule has 1 aliphatic heterocycles. The fourth-order valence-corrected chi connectivity index (χ4v) is 6.16. The molecule has 1 unspecified atom stereocenters. The van der Waals surface area contributed by atoms with Crippen molar-refractivity contribution in [2.45, 2.75) is 64.5 Å². The van der Waals surface area contributed by atoms with Crippen LogP contribution in [0, 0.1) is 17.2 Å². The van der Waals surface area contributed by atoms with Gasteiger partial charge in [0.05, 0.1) is 5.56 Å². The molecule has 1 heterocycles. The minimum absolute atomic E-state index is 0.0332. The number of nitrogens with one attached hydrogen (secondary N) is 1. The van der Waals surface area contributed by atoms with Gasteiger partial charge in [-0.3, -0.25) is 9.59 Å². The summed E-state index contributed by atoms with van der Waals surface area (Å²) in [6.07, 6.45) is -0.385. The van der Waals surface area contributed by atoms with E-state index in [-0.39, 0.29) is 29.1 Å². The van der Waals surface area contributed by atoms with Crippen LogP contribution in [0.5, 0.6) is 0 Å². The number of halogens is 4. The summed E-state index contributed by atoms with van der Waals surface area (Å²) >= 11 is 0. The van der Waals surface area contributed by atoms with Crippen LogP contribution in [0.25, 0.3) is 0 Å². The van der Waals surface area contributed by atoms with Crippen molar-refractivity contribution in [2.24, 2.45) is 11.3 Å². The summed E-state index contributed by atoms with van der Waals surface area (Å²) in [6, 6.07) is 10.4. The molecule has 7 heteroatoms. The zero-order valence-corrected chi connectivity index (χ0v) is 20.8. The molecule has 1 atom stereocenters. The number of carbonyl (C=O) groups is 2. The van der Waals surface area contributed by atoms with E-state index in [0.717, 1.165) is 37.4 Å². The lowest BCUT2D eigenvalue weighted by Gasteiger charge is -2.41. The molecular formula is C30H29F4NO2. The molecule has 1 fully saturated rings. The van der Waals surface area contributed by atoms with Crippen LogP contribution in [0.4, 0.5) is 17.6 Å². The minimum Gasteiger partial charge on any atom is -0.361 e. The molecule has 1 N–H and O–H groups in total. The largest absolute Gasteiger partial charge is 0.417 e. The van der Waals surface area contributed by atoms with Gasteiger partial charge in [-0.05, 0) is 54.4 Å². The van der Waals surface area contributed by atoms with Crippen molar-refractivity contribution < 1.29 is 27.2 Å². The van der Waals surface area contributed by atoms with Gasteiger partial charge >= 0.3 is 6.18 Å². The van der Waals surface area contributed by atoms with Crippen LogP contribution in [0.2, 0.25) is 0 Å². The van der Waals surface area contributed by atoms with Crippen LogP contribution in [0.15, 0.2) is 71.1 Å². The molecule has 3 aliphatic rings. The number of alkyl halides is 3. The Balaban J connectivity index is 1.77. The number of carbonyl (C=O) groups excluding carboxylic acids is 2. The van der Waals surface area contributed by atoms with Crippen molar-refractivity contribution >= 4 is 11.6 Å². The molecule has 1 saturated carbocycles. The van der Waals surface area contributed by atoms with E-state index in [1.54, 1.807) is 0 Å². The third kappa shape index (κ3) is 4.76. The van der Waals surface area contributed by atoms with Crippen molar-refractivity contribution in [1.29, 1.82) is 0 Å². The summed E-state index contributed by atoms with van der Waals surface area (Å²) in [5.41, 5.74) is 0.668. The lowest BCUT2D eigenvalue weighted by molar-refractivity contribution is -0.137. The lowest BCUT2D eigenvalue weighted by atomic mass is 9.67. The number of ketones is 2. The first-order valence-corrected chi connectivity index (χ1v) is 12.7. The van der Waals surface area contributed by atoms with Crippen LogP contribution in [0.1, 0.15) is 79.8 Å². The second-order valence-corrected chi connectivity index (χ2v) is 11.1. The number of allylic oxidation sites excluding steroid dienone is 4. The van der Waals surface area contributed by atoms with Crippen molar-refractivity contribution in [2.75, 3.05) is 0 Å². The maximum Gasteiger partial charge on any atom is 0.417 e. The third-order valence-electron chi connectivity index (χ3n) is 7.76. The summed E-state index contributed by atoms with van der Waals surface area (Å²) in [5, 5.41) is 3.42. The lowest BCUT2D eigenvalue weighted by Crippen LogP contribution is -2.40. The van der Waals surface area contributed by atoms with Crippen LogP contribution in [-0.4, -0.2) is 11.6 Å². The fourth-order valence-electron chi connectivity index (χ4n) is 6.16. The summed E-state index contributed by atoms with van der Waals surface area (Å²) in [4.78, 5) is 27.8. The molecule has 0 spiro atoms. The summed E-state index contributed by atoms with van der Waals surface area (Å²) in [5.74, 6) is -2.27. The highest BCUT2D eigenvalue weighted by atomic mass is 19.4. The fraction of sp³-hybridized carbons (Fsp3) is 0.400. The zero-order valence-electron chi connectivity index (χ0n) is 20.8. The molecule has 2 aromatic carbocycles. The standard InChI is InChI=1S/C30H29F4NO2/c1-29(2)15-22-25(23(36)16-29)24(17-11-13-19(31)14-12-17)26(27(35-22)18-7-3-4-8-18)28(37)20-9-5-6-10-21(20)30(32,33)34/h5-6,9-14,18,24,35H,3-4,7-8,15-16H2,1-2H3. The van der Waals surface area contributed by atoms with Crippen molar-refractivity contribution in [3.8, 4) is 0 Å². The SMILES string of the molecule is CC1(C)CC(=O)C2=C(C1)NC(C1CCCC1)=C(C(=O)c1ccccc1C(F)(F)F)C2c1ccc(F)cc1. The van der Waals surface area contributed by atoms with Crippen LogP contribution >= 0.6 is 0 Å². The van der Waals surface area contributed by atoms with Gasteiger partial charge in [-0.15, -0.1) is 0 Å². The van der Waals surface area contributed by atoms with Gasteiger partial charge in [0.1, 0.15) is 5.82 Å². The first-order valence-electron chi connectivity index (χ1n) is 12.7. The van der Waals surface area contributed by atoms with Gasteiger partial charge in [0, 0.05) is 40.4 Å². The molecule has 0 amide bonds. The van der Waals surface area contributed by atoms with E-state index in [9.17, 15) is 27.2 Å². The van der Waals surface area contributed by atoms with E-state index >= 15 is 0 Å². The average molecular weight is 512 g/mol. The van der Waals surface area contributed by atoms with Gasteiger partial charge in [0.15, 0.2) is 11.6 Å². The van der Waals surface area contributed by atoms with E-state index in [1.165, 1.54) is 42.5 Å². The Morgan fingerprint density at radius 2 is 1.62 bits per heavy atom. The van der Waals surface area contributed by atoms with E-state index < -0.39 is 34.8 Å². The maximum atomic E-state index is 14.2. The Bertz CT molecular complexity index is 1310. The number of hydrogen-bond donors (Lipinski definition) is 1. The maximum absolute atomic E-state index is 14.2. The second-order valence-electron chi connectivity index (χ2n) is 11.1. The summed E-state index contributed by atoms with van der Waals surface area (Å²) in [7, 11) is 0. The number of rotatable bonds is 4. The Morgan fingerprint density at radius 3 is 2.27 bits per heavy atom. The predicted octanol–water partition coefficient (Wildman–Crippen LogP) is 7.50. The Kier molecular flexibility index (Phi) is 6.37. The molecule has 2 aliphatic carbocycles. The number of hydrogen-bond acceptors (Lipinski definition) is 3. The molecule has 0 aromatic heterocycles. The number of dihydropyridines is 1. The third-order valence-corrected chi connectivity index (χ3v) is 7.76. The van der Waals surface area contributed by atoms with Gasteiger partial charge in [0.2, 0.25) is 0 Å². The molecular weight excluding hydrogens is 482 g/mol. The molecule has 37 heavy (non-hydrogen) atoms. The van der Waals surface area contributed by atoms with E-state index in [0.29, 0.717) is 23.3 Å². The van der Waals surface area contributed by atoms with Crippen molar-refractivity contribution in [1.82, 2.24) is 5.32 Å². The monoisotopic (exact) mass is 511 g/mol. The average Bonchev–Trinajstić information content (AvgIpc) is 3.37. The molecule has 0 bridgehead atoms. The van der Waals surface area contributed by atoms with E-state index in [2.05, 4.69) is 5.32 Å². The highest BCUT2D eigenvalue weighted by Gasteiger charge is 2.46. The smallest absolute Gasteiger partial charge is 0.361 e. The topological polar surface area (TPSA) is 46.2 Å². The molecule has 3 nitrogen and oxygen atoms in total. The summed E-state index contributed by atoms with van der Waals surface area (Å²) in [6.45, 7) is 4.00. The van der Waals surface area contributed by atoms with Gasteiger partial charge in [-0.25, -0.2) is 4.39 Å². The Labute approximate surface area is 213 Å². The quantitative estimate of drug-likeness (QED) is 0.342. The number of benzene rings is 2. The van der Waals surface area contributed by atoms with Gasteiger partial charge in [-0.1, -0.05) is 57.0 Å². The second kappa shape index (κ2) is 9.26. The Hall–Kier alpha value is -3.22. The molecule has 0 radical (unpaired) electrons. The molecule has 0 saturated heterocycles. The van der Waals surface area contributed by atoms with Crippen LogP contribution in [0.3, 0.4) is 0 Å². The first-order chi connectivity index (χ1) is 17.5. The highest BCUT2D eigenvalue weighted by molar-refractivity contribution is 6.14. The summed E-state index contributed by atoms with van der Waals surface area (Å²) < 4.78 is 55.8. The van der Waals surface area contributed by atoms with Crippen molar-refractivity contribution in [3.63, 3.8) is 0 Å². The van der Waals surface area contributed by atoms with Gasteiger partial charge in [-0.2, -0.15) is 13.2 Å². The van der Waals surface area contributed by atoms with E-state index in [4.69, 9.17) is 0 Å². The van der Waals surface area contributed by atoms with Crippen LogP contribution < -0.4 is 5.32 Å². The van der Waals surface area contributed by atoms with E-state index in [1.807, 2.05) is 13.8 Å². The van der Waals surface area contributed by atoms with Gasteiger partial charge in [0.25, 0.3) is 0 Å². The first kappa shape index (κ1) is 25.4. The van der Waals surface area contributed by atoms with Crippen molar-refractivity contribution in [3.05, 3.63) is 93.6 Å². The molecule has 2 aromatic rings. The minimum atomic E-state index is -4.72. The van der Waals surface area contributed by atoms with Gasteiger partial charge < -0.3 is 5.32 Å². The molecule has 5 rings (SSSR count). The van der Waals surface area contributed by atoms with Crippen LogP contribution in [-0.2, 0) is 11.0 Å². The number of Topliss-reactive ketones (excluding diaryl/α,β-unsaturated/α-hetero) is 2. The zero-order chi connectivity index (χ0) is 26.5. The molecule has 194 valence electrons. The normalized spacial score (nSPS) is 22.2. The predicted molar refractivity (Wildman–Crippen MR) is 132 cm³/mol.